The highest BCUT2D eigenvalue weighted by Gasteiger charge is 2.13. The van der Waals surface area contributed by atoms with Crippen molar-refractivity contribution in [2.24, 2.45) is 5.92 Å². The number of unbranched alkanes of at least 4 members (excludes halogenated alkanes) is 9. The molecule has 1 aromatic rings. The Morgan fingerprint density at radius 3 is 1.80 bits per heavy atom. The Morgan fingerprint density at radius 2 is 1.28 bits per heavy atom. The first-order valence-electron chi connectivity index (χ1n) is 10.5. The Labute approximate surface area is 164 Å². The van der Waals surface area contributed by atoms with Crippen LogP contribution in [-0.2, 0) is 6.42 Å². The van der Waals surface area contributed by atoms with E-state index in [2.05, 4.69) is 51.4 Å². The first-order valence-corrected chi connectivity index (χ1v) is 10.5. The lowest BCUT2D eigenvalue weighted by molar-refractivity contribution is -0.862. The minimum Gasteiger partial charge on any atom is -1.00 e. The van der Waals surface area contributed by atoms with E-state index in [0.717, 1.165) is 5.92 Å². The second-order valence-electron chi connectivity index (χ2n) is 7.94. The molecule has 0 heterocycles. The third-order valence-corrected chi connectivity index (χ3v) is 5.03. The van der Waals surface area contributed by atoms with E-state index >= 15 is 0 Å². The van der Waals surface area contributed by atoms with Gasteiger partial charge < -0.3 is 17.3 Å². The molecular weight excluding hydrogens is 326 g/mol. The molecule has 1 N–H and O–H groups in total. The molecule has 0 aliphatic carbocycles. The Bertz CT molecular complexity index is 377. The van der Waals surface area contributed by atoms with Crippen molar-refractivity contribution in [1.29, 1.82) is 0 Å². The summed E-state index contributed by atoms with van der Waals surface area (Å²) in [4.78, 5) is 1.59. The highest BCUT2D eigenvalue weighted by Crippen LogP contribution is 2.16. The van der Waals surface area contributed by atoms with Crippen LogP contribution < -0.4 is 17.3 Å². The Hall–Kier alpha value is -0.530. The van der Waals surface area contributed by atoms with Gasteiger partial charge in [0.25, 0.3) is 0 Å². The molecule has 0 radical (unpaired) electrons. The highest BCUT2D eigenvalue weighted by molar-refractivity contribution is 5.15. The van der Waals surface area contributed by atoms with Crippen LogP contribution in [-0.4, -0.2) is 20.6 Å². The monoisotopic (exact) mass is 367 g/mol. The molecule has 0 aromatic heterocycles. The van der Waals surface area contributed by atoms with Gasteiger partial charge >= 0.3 is 0 Å². The maximum Gasteiger partial charge on any atom is 0.0798 e. The van der Waals surface area contributed by atoms with Crippen LogP contribution in [0.2, 0.25) is 0 Å². The van der Waals surface area contributed by atoms with E-state index in [0.29, 0.717) is 0 Å². The van der Waals surface area contributed by atoms with E-state index in [9.17, 15) is 0 Å². The molecule has 1 aromatic carbocycles. The van der Waals surface area contributed by atoms with Gasteiger partial charge in [-0.25, -0.2) is 0 Å². The molecule has 0 spiro atoms. The first kappa shape index (κ1) is 24.5. The second kappa shape index (κ2) is 16.9. The summed E-state index contributed by atoms with van der Waals surface area (Å²) in [5.41, 5.74) is 1.51. The van der Waals surface area contributed by atoms with Crippen molar-refractivity contribution in [2.45, 2.75) is 84.0 Å². The van der Waals surface area contributed by atoms with Crippen LogP contribution in [0.25, 0.3) is 0 Å². The van der Waals surface area contributed by atoms with Gasteiger partial charge in [-0.15, -0.1) is 0 Å². The predicted molar refractivity (Wildman–Crippen MR) is 108 cm³/mol. The largest absolute Gasteiger partial charge is 1.00 e. The smallest absolute Gasteiger partial charge is 0.0798 e. The van der Waals surface area contributed by atoms with Crippen LogP contribution in [0.15, 0.2) is 30.3 Å². The van der Waals surface area contributed by atoms with Crippen molar-refractivity contribution in [3.8, 4) is 0 Å². The number of quaternary nitrogens is 1. The van der Waals surface area contributed by atoms with Gasteiger partial charge in [0.2, 0.25) is 0 Å². The fraction of sp³-hybridized carbons (Fsp3) is 0.739. The SMILES string of the molecule is CCCCCCCCCCCCC(Cc1ccccc1)C[NH+](C)C.[Cl-]. The van der Waals surface area contributed by atoms with Crippen LogP contribution >= 0.6 is 0 Å². The summed E-state index contributed by atoms with van der Waals surface area (Å²) in [5, 5.41) is 0. The molecular formula is C23H42ClN. The van der Waals surface area contributed by atoms with E-state index in [1.165, 1.54) is 89.2 Å². The summed E-state index contributed by atoms with van der Waals surface area (Å²) < 4.78 is 0. The van der Waals surface area contributed by atoms with Gasteiger partial charge in [-0.1, -0.05) is 101 Å². The maximum atomic E-state index is 2.29. The average molecular weight is 368 g/mol. The number of halogens is 1. The van der Waals surface area contributed by atoms with Crippen LogP contribution in [0, 0.1) is 5.92 Å². The molecule has 2 heteroatoms. The molecule has 1 nitrogen and oxygen atoms in total. The van der Waals surface area contributed by atoms with E-state index in [-0.39, 0.29) is 12.4 Å². The fourth-order valence-electron chi connectivity index (χ4n) is 3.72. The van der Waals surface area contributed by atoms with Crippen molar-refractivity contribution < 1.29 is 17.3 Å². The van der Waals surface area contributed by atoms with E-state index in [1.807, 2.05) is 0 Å². The summed E-state index contributed by atoms with van der Waals surface area (Å²) in [7, 11) is 4.58. The van der Waals surface area contributed by atoms with Crippen LogP contribution in [0.1, 0.15) is 83.1 Å². The summed E-state index contributed by atoms with van der Waals surface area (Å²) in [5.74, 6) is 0.839. The highest BCUT2D eigenvalue weighted by atomic mass is 35.5. The van der Waals surface area contributed by atoms with E-state index in [1.54, 1.807) is 4.90 Å². The Kier molecular flexibility index (Phi) is 16.6. The van der Waals surface area contributed by atoms with Gasteiger partial charge in [-0.05, 0) is 18.4 Å². The van der Waals surface area contributed by atoms with Gasteiger partial charge in [0.15, 0.2) is 0 Å². The van der Waals surface area contributed by atoms with Gasteiger partial charge in [0.1, 0.15) is 0 Å². The van der Waals surface area contributed by atoms with Gasteiger partial charge in [-0.3, -0.25) is 0 Å². The summed E-state index contributed by atoms with van der Waals surface area (Å²) >= 11 is 0. The molecule has 0 aliphatic rings. The second-order valence-corrected chi connectivity index (χ2v) is 7.94. The standard InChI is InChI=1S/C23H41N.ClH/c1-4-5-6-7-8-9-10-11-12-14-19-23(21-24(2)3)20-22-17-15-13-16-18-22;/h13,15-18,23H,4-12,14,19-21H2,1-3H3;1H. The third kappa shape index (κ3) is 14.3. The molecule has 146 valence electrons. The minimum absolute atomic E-state index is 0. The lowest BCUT2D eigenvalue weighted by Gasteiger charge is -2.19. The molecule has 0 saturated carbocycles. The number of rotatable bonds is 15. The quantitative estimate of drug-likeness (QED) is 0.454. The van der Waals surface area contributed by atoms with Crippen molar-refractivity contribution in [3.05, 3.63) is 35.9 Å². The van der Waals surface area contributed by atoms with Gasteiger partial charge in [0.05, 0.1) is 20.6 Å². The first-order chi connectivity index (χ1) is 11.7. The molecule has 1 atom stereocenters. The number of benzene rings is 1. The lowest BCUT2D eigenvalue weighted by Crippen LogP contribution is -3.06. The number of hydrogen-bond acceptors (Lipinski definition) is 0. The Balaban J connectivity index is 0.00000576. The van der Waals surface area contributed by atoms with E-state index in [4.69, 9.17) is 0 Å². The molecule has 0 fully saturated rings. The minimum atomic E-state index is 0. The normalized spacial score (nSPS) is 12.2. The van der Waals surface area contributed by atoms with Gasteiger partial charge in [-0.2, -0.15) is 0 Å². The van der Waals surface area contributed by atoms with Crippen molar-refractivity contribution in [3.63, 3.8) is 0 Å². The zero-order chi connectivity index (χ0) is 17.5. The van der Waals surface area contributed by atoms with Crippen LogP contribution in [0.5, 0.6) is 0 Å². The number of hydrogen-bond donors (Lipinski definition) is 1. The Morgan fingerprint density at radius 1 is 0.760 bits per heavy atom. The predicted octanol–water partition coefficient (Wildman–Crippen LogP) is 2.30. The maximum absolute atomic E-state index is 2.29. The average Bonchev–Trinajstić information content (AvgIpc) is 2.57. The third-order valence-electron chi connectivity index (χ3n) is 5.03. The van der Waals surface area contributed by atoms with Crippen molar-refractivity contribution >= 4 is 0 Å². The zero-order valence-corrected chi connectivity index (χ0v) is 17.8. The summed E-state index contributed by atoms with van der Waals surface area (Å²) in [6.07, 6.45) is 17.0. The molecule has 0 amide bonds. The van der Waals surface area contributed by atoms with Crippen LogP contribution in [0.3, 0.4) is 0 Å². The molecule has 0 saturated heterocycles. The zero-order valence-electron chi connectivity index (χ0n) is 17.0. The van der Waals surface area contributed by atoms with Crippen molar-refractivity contribution in [1.82, 2.24) is 0 Å². The summed E-state index contributed by atoms with van der Waals surface area (Å²) in [6.45, 7) is 3.59. The molecule has 25 heavy (non-hydrogen) atoms. The molecule has 0 bridgehead atoms. The molecule has 1 rings (SSSR count). The summed E-state index contributed by atoms with van der Waals surface area (Å²) in [6, 6.07) is 11.1. The van der Waals surface area contributed by atoms with Gasteiger partial charge in [0, 0.05) is 5.92 Å². The fourth-order valence-corrected chi connectivity index (χ4v) is 3.72. The lowest BCUT2D eigenvalue weighted by atomic mass is 9.93. The van der Waals surface area contributed by atoms with E-state index < -0.39 is 0 Å². The van der Waals surface area contributed by atoms with Crippen molar-refractivity contribution in [2.75, 3.05) is 20.6 Å². The molecule has 0 aliphatic heterocycles. The van der Waals surface area contributed by atoms with Crippen LogP contribution in [0.4, 0.5) is 0 Å². The molecule has 1 unspecified atom stereocenters. The number of nitrogens with one attached hydrogen (secondary N) is 1. The topological polar surface area (TPSA) is 4.44 Å².